The Hall–Kier alpha value is -1.15. The zero-order valence-electron chi connectivity index (χ0n) is 10.6. The van der Waals surface area contributed by atoms with Crippen LogP contribution >= 0.6 is 23.2 Å². The van der Waals surface area contributed by atoms with E-state index in [2.05, 4.69) is 15.3 Å². The van der Waals surface area contributed by atoms with Crippen molar-refractivity contribution in [3.8, 4) is 0 Å². The van der Waals surface area contributed by atoms with Crippen LogP contribution in [0.4, 0.5) is 5.82 Å². The van der Waals surface area contributed by atoms with Crippen LogP contribution < -0.4 is 5.32 Å². The summed E-state index contributed by atoms with van der Waals surface area (Å²) >= 11 is 11.6. The molecule has 1 fully saturated rings. The third kappa shape index (κ3) is 4.17. The van der Waals surface area contributed by atoms with Crippen LogP contribution in [0.2, 0.25) is 10.3 Å². The number of nitrogens with one attached hydrogen (secondary N) is 1. The summed E-state index contributed by atoms with van der Waals surface area (Å²) in [6.45, 7) is 3.52. The lowest BCUT2D eigenvalue weighted by atomic mass is 10.3. The zero-order chi connectivity index (χ0) is 14.7. The van der Waals surface area contributed by atoms with E-state index >= 15 is 0 Å². The van der Waals surface area contributed by atoms with E-state index in [1.165, 1.54) is 0 Å². The summed E-state index contributed by atoms with van der Waals surface area (Å²) in [4.78, 5) is 18.4. The van der Waals surface area contributed by atoms with Crippen molar-refractivity contribution in [3.05, 3.63) is 16.0 Å². The van der Waals surface area contributed by atoms with Crippen molar-refractivity contribution in [2.45, 2.75) is 19.1 Å². The number of aromatic nitrogens is 2. The SMILES string of the molecule is CC(COC[C@@H]1CO1)Nc1nc(Cl)nc(C(=O)O)c1Cl. The van der Waals surface area contributed by atoms with Gasteiger partial charge in [-0.25, -0.2) is 9.78 Å². The number of rotatable bonds is 7. The van der Waals surface area contributed by atoms with Gasteiger partial charge in [0.05, 0.1) is 19.8 Å². The van der Waals surface area contributed by atoms with Gasteiger partial charge in [0.25, 0.3) is 0 Å². The summed E-state index contributed by atoms with van der Waals surface area (Å²) in [5.41, 5.74) is -0.339. The van der Waals surface area contributed by atoms with Crippen LogP contribution in [0.1, 0.15) is 17.4 Å². The molecule has 1 unspecified atom stereocenters. The van der Waals surface area contributed by atoms with Gasteiger partial charge >= 0.3 is 5.97 Å². The van der Waals surface area contributed by atoms with Crippen LogP contribution in [0.25, 0.3) is 0 Å². The molecule has 9 heteroatoms. The van der Waals surface area contributed by atoms with Gasteiger partial charge in [-0.1, -0.05) is 11.6 Å². The maximum Gasteiger partial charge on any atom is 0.356 e. The first-order chi connectivity index (χ1) is 9.47. The molecule has 0 aliphatic carbocycles. The third-order valence-corrected chi connectivity index (χ3v) is 3.01. The topological polar surface area (TPSA) is 96.9 Å². The fourth-order valence-electron chi connectivity index (χ4n) is 1.47. The van der Waals surface area contributed by atoms with E-state index in [0.717, 1.165) is 6.61 Å². The number of carboxylic acids is 1. The summed E-state index contributed by atoms with van der Waals surface area (Å²) in [7, 11) is 0. The Balaban J connectivity index is 1.98. The Bertz CT molecular complexity index is 511. The summed E-state index contributed by atoms with van der Waals surface area (Å²) in [6.07, 6.45) is 0.192. The van der Waals surface area contributed by atoms with E-state index in [1.807, 2.05) is 6.92 Å². The van der Waals surface area contributed by atoms with Crippen molar-refractivity contribution < 1.29 is 19.4 Å². The Morgan fingerprint density at radius 1 is 1.60 bits per heavy atom. The maximum absolute atomic E-state index is 11.0. The van der Waals surface area contributed by atoms with Crippen LogP contribution in [0.15, 0.2) is 0 Å². The van der Waals surface area contributed by atoms with Crippen molar-refractivity contribution in [2.75, 3.05) is 25.1 Å². The van der Waals surface area contributed by atoms with Gasteiger partial charge in [-0.3, -0.25) is 0 Å². The maximum atomic E-state index is 11.0. The van der Waals surface area contributed by atoms with Crippen molar-refractivity contribution >= 4 is 35.0 Å². The van der Waals surface area contributed by atoms with Gasteiger partial charge in [0, 0.05) is 6.04 Å². The second-order valence-electron chi connectivity index (χ2n) is 4.35. The van der Waals surface area contributed by atoms with Gasteiger partial charge < -0.3 is 19.9 Å². The third-order valence-electron chi connectivity index (χ3n) is 2.48. The first kappa shape index (κ1) is 15.2. The summed E-state index contributed by atoms with van der Waals surface area (Å²) in [5, 5.41) is 11.6. The quantitative estimate of drug-likeness (QED) is 0.582. The molecule has 0 saturated carbocycles. The Kier molecular flexibility index (Phi) is 4.98. The highest BCUT2D eigenvalue weighted by atomic mass is 35.5. The number of anilines is 1. The number of aromatic carboxylic acids is 1. The fourth-order valence-corrected chi connectivity index (χ4v) is 1.86. The minimum absolute atomic E-state index is 0.0840. The molecule has 1 aliphatic heterocycles. The van der Waals surface area contributed by atoms with Gasteiger partial charge in [-0.15, -0.1) is 0 Å². The molecule has 2 rings (SSSR count). The minimum Gasteiger partial charge on any atom is -0.476 e. The summed E-state index contributed by atoms with van der Waals surface area (Å²) in [6, 6.07) is -0.126. The summed E-state index contributed by atoms with van der Waals surface area (Å²) in [5.74, 6) is -1.10. The summed E-state index contributed by atoms with van der Waals surface area (Å²) < 4.78 is 10.4. The highest BCUT2D eigenvalue weighted by molar-refractivity contribution is 6.36. The average Bonchev–Trinajstić information content (AvgIpc) is 3.17. The van der Waals surface area contributed by atoms with Crippen LogP contribution in [0.3, 0.4) is 0 Å². The Morgan fingerprint density at radius 2 is 2.30 bits per heavy atom. The second-order valence-corrected chi connectivity index (χ2v) is 5.06. The molecule has 1 aromatic heterocycles. The van der Waals surface area contributed by atoms with Crippen LogP contribution in [0, 0.1) is 0 Å². The lowest BCUT2D eigenvalue weighted by Crippen LogP contribution is -2.24. The predicted molar refractivity (Wildman–Crippen MR) is 72.7 cm³/mol. The molecule has 0 spiro atoms. The molecule has 2 N–H and O–H groups in total. The molecular formula is C11H13Cl2N3O4. The van der Waals surface area contributed by atoms with Crippen molar-refractivity contribution in [2.24, 2.45) is 0 Å². The lowest BCUT2D eigenvalue weighted by Gasteiger charge is -2.16. The molecule has 1 saturated heterocycles. The predicted octanol–water partition coefficient (Wildman–Crippen LogP) is 1.70. The van der Waals surface area contributed by atoms with E-state index < -0.39 is 5.97 Å². The van der Waals surface area contributed by atoms with Crippen LogP contribution in [-0.4, -0.2) is 53.0 Å². The molecule has 20 heavy (non-hydrogen) atoms. The Morgan fingerprint density at radius 3 is 2.90 bits per heavy atom. The molecule has 110 valence electrons. The molecule has 7 nitrogen and oxygen atoms in total. The molecule has 0 aromatic carbocycles. The largest absolute Gasteiger partial charge is 0.476 e. The molecule has 0 bridgehead atoms. The average molecular weight is 322 g/mol. The molecule has 0 radical (unpaired) electrons. The van der Waals surface area contributed by atoms with E-state index in [1.54, 1.807) is 0 Å². The van der Waals surface area contributed by atoms with Gasteiger partial charge in [-0.2, -0.15) is 4.98 Å². The minimum atomic E-state index is -1.27. The number of carbonyl (C=O) groups is 1. The molecule has 1 aliphatic rings. The number of halogens is 2. The number of epoxide rings is 1. The fraction of sp³-hybridized carbons (Fsp3) is 0.545. The van der Waals surface area contributed by atoms with Crippen molar-refractivity contribution in [1.29, 1.82) is 0 Å². The number of carboxylic acid groups (broad SMARTS) is 1. The van der Waals surface area contributed by atoms with Crippen molar-refractivity contribution in [3.63, 3.8) is 0 Å². The molecule has 2 heterocycles. The second kappa shape index (κ2) is 6.53. The first-order valence-corrected chi connectivity index (χ1v) is 6.65. The van der Waals surface area contributed by atoms with Gasteiger partial charge in [0.15, 0.2) is 11.5 Å². The number of hydrogen-bond acceptors (Lipinski definition) is 6. The van der Waals surface area contributed by atoms with Crippen molar-refractivity contribution in [1.82, 2.24) is 9.97 Å². The highest BCUT2D eigenvalue weighted by Crippen LogP contribution is 2.25. The van der Waals surface area contributed by atoms with Gasteiger partial charge in [-0.05, 0) is 18.5 Å². The normalized spacial score (nSPS) is 18.6. The zero-order valence-corrected chi connectivity index (χ0v) is 12.1. The molecular weight excluding hydrogens is 309 g/mol. The standard InChI is InChI=1S/C11H13Cl2N3O4/c1-5(2-19-3-6-4-20-6)14-9-7(12)8(10(17)18)15-11(13)16-9/h5-6H,2-4H2,1H3,(H,17,18)(H,14,15,16)/t5?,6-/m1/s1. The van der Waals surface area contributed by atoms with E-state index in [4.69, 9.17) is 37.8 Å². The lowest BCUT2D eigenvalue weighted by molar-refractivity contribution is 0.0690. The molecule has 2 atom stereocenters. The highest BCUT2D eigenvalue weighted by Gasteiger charge is 2.23. The molecule has 1 aromatic rings. The molecule has 0 amide bonds. The monoisotopic (exact) mass is 321 g/mol. The number of nitrogens with zero attached hydrogens (tertiary/aromatic N) is 2. The van der Waals surface area contributed by atoms with E-state index in [-0.39, 0.29) is 34.0 Å². The van der Waals surface area contributed by atoms with Gasteiger partial charge in [0.2, 0.25) is 5.28 Å². The van der Waals surface area contributed by atoms with E-state index in [0.29, 0.717) is 13.2 Å². The first-order valence-electron chi connectivity index (χ1n) is 5.89. The van der Waals surface area contributed by atoms with Crippen LogP contribution in [0.5, 0.6) is 0 Å². The van der Waals surface area contributed by atoms with Gasteiger partial charge in [0.1, 0.15) is 11.1 Å². The Labute approximate surface area is 125 Å². The number of hydrogen-bond donors (Lipinski definition) is 2. The smallest absolute Gasteiger partial charge is 0.356 e. The number of ether oxygens (including phenoxy) is 2. The van der Waals surface area contributed by atoms with E-state index in [9.17, 15) is 4.79 Å². The van der Waals surface area contributed by atoms with Crippen LogP contribution in [-0.2, 0) is 9.47 Å².